The van der Waals surface area contributed by atoms with Gasteiger partial charge in [0.15, 0.2) is 0 Å². The highest BCUT2D eigenvalue weighted by atomic mass is 16.6. The Labute approximate surface area is 110 Å². The van der Waals surface area contributed by atoms with Crippen molar-refractivity contribution in [3.05, 3.63) is 57.5 Å². The number of hydrogen-bond acceptors (Lipinski definition) is 5. The third-order valence-corrected chi connectivity index (χ3v) is 3.00. The molecule has 2 rings (SSSR count). The van der Waals surface area contributed by atoms with E-state index in [9.17, 15) is 10.1 Å². The van der Waals surface area contributed by atoms with Crippen molar-refractivity contribution in [2.24, 2.45) is 0 Å². The molecule has 0 bridgehead atoms. The lowest BCUT2D eigenvalue weighted by atomic mass is 10.0. The Morgan fingerprint density at radius 2 is 2.26 bits per heavy atom. The summed E-state index contributed by atoms with van der Waals surface area (Å²) in [5.41, 5.74) is 1.68. The maximum atomic E-state index is 10.9. The van der Waals surface area contributed by atoms with Crippen molar-refractivity contribution in [2.75, 3.05) is 0 Å². The summed E-state index contributed by atoms with van der Waals surface area (Å²) in [6.45, 7) is 4.21. The Bertz CT molecular complexity index is 567. The second kappa shape index (κ2) is 5.62. The zero-order valence-corrected chi connectivity index (χ0v) is 10.8. The molecule has 2 aromatic rings. The minimum Gasteiger partial charge on any atom is -0.360 e. The predicted octanol–water partition coefficient (Wildman–Crippen LogP) is 2.74. The minimum atomic E-state index is -0.359. The first-order valence-electron chi connectivity index (χ1n) is 5.96. The molecule has 1 N–H and O–H groups in total. The lowest BCUT2D eigenvalue weighted by Gasteiger charge is -2.13. The number of nitro groups is 1. The Balaban J connectivity index is 2.08. The third kappa shape index (κ3) is 3.17. The van der Waals surface area contributed by atoms with Crippen LogP contribution in [0.25, 0.3) is 0 Å². The molecule has 0 saturated carbocycles. The standard InChI is InChI=1S/C13H15N3O3/c1-9-3-4-11(7-13(9)16(17)18)10(2)14-8-12-5-6-15-19-12/h3-7,10,14H,8H2,1-2H3. The number of aryl methyl sites for hydroxylation is 1. The molecule has 0 amide bonds. The van der Waals surface area contributed by atoms with Gasteiger partial charge >= 0.3 is 0 Å². The van der Waals surface area contributed by atoms with Crippen molar-refractivity contribution in [3.63, 3.8) is 0 Å². The number of nitrogens with one attached hydrogen (secondary N) is 1. The number of aromatic nitrogens is 1. The van der Waals surface area contributed by atoms with Gasteiger partial charge in [0.1, 0.15) is 5.76 Å². The average Bonchev–Trinajstić information content (AvgIpc) is 2.89. The molecular weight excluding hydrogens is 246 g/mol. The number of nitro benzene ring substituents is 1. The fraction of sp³-hybridized carbons (Fsp3) is 0.308. The highest BCUT2D eigenvalue weighted by Crippen LogP contribution is 2.23. The normalized spacial score (nSPS) is 12.3. The molecule has 1 aromatic carbocycles. The molecule has 1 atom stereocenters. The topological polar surface area (TPSA) is 81.2 Å². The molecule has 0 radical (unpaired) electrons. The van der Waals surface area contributed by atoms with E-state index in [1.165, 1.54) is 0 Å². The second-order valence-electron chi connectivity index (χ2n) is 4.38. The number of hydrogen-bond donors (Lipinski definition) is 1. The molecule has 100 valence electrons. The number of nitrogens with zero attached hydrogens (tertiary/aromatic N) is 2. The van der Waals surface area contributed by atoms with Gasteiger partial charge in [0.05, 0.1) is 17.7 Å². The lowest BCUT2D eigenvalue weighted by Crippen LogP contribution is -2.18. The molecule has 1 unspecified atom stereocenters. The summed E-state index contributed by atoms with van der Waals surface area (Å²) in [6.07, 6.45) is 1.58. The van der Waals surface area contributed by atoms with Gasteiger partial charge in [-0.1, -0.05) is 17.3 Å². The van der Waals surface area contributed by atoms with Crippen LogP contribution in [0.2, 0.25) is 0 Å². The van der Waals surface area contributed by atoms with E-state index in [2.05, 4.69) is 10.5 Å². The van der Waals surface area contributed by atoms with E-state index in [0.717, 1.165) is 11.3 Å². The van der Waals surface area contributed by atoms with Crippen LogP contribution in [0.3, 0.4) is 0 Å². The summed E-state index contributed by atoms with van der Waals surface area (Å²) in [5, 5.41) is 17.8. The molecule has 0 saturated heterocycles. The van der Waals surface area contributed by atoms with Crippen molar-refractivity contribution < 1.29 is 9.45 Å². The smallest absolute Gasteiger partial charge is 0.272 e. The van der Waals surface area contributed by atoms with Crippen molar-refractivity contribution >= 4 is 5.69 Å². The van der Waals surface area contributed by atoms with Gasteiger partial charge in [-0.25, -0.2) is 0 Å². The molecule has 6 heteroatoms. The molecule has 0 aliphatic heterocycles. The monoisotopic (exact) mass is 261 g/mol. The van der Waals surface area contributed by atoms with Gasteiger partial charge in [-0.15, -0.1) is 0 Å². The van der Waals surface area contributed by atoms with Gasteiger partial charge in [-0.3, -0.25) is 10.1 Å². The van der Waals surface area contributed by atoms with E-state index < -0.39 is 0 Å². The highest BCUT2D eigenvalue weighted by molar-refractivity contribution is 5.43. The van der Waals surface area contributed by atoms with E-state index in [1.807, 2.05) is 13.0 Å². The van der Waals surface area contributed by atoms with Gasteiger partial charge in [0, 0.05) is 23.7 Å². The quantitative estimate of drug-likeness (QED) is 0.661. The SMILES string of the molecule is Cc1ccc(C(C)NCc2ccno2)cc1[N+](=O)[O-]. The molecule has 1 aromatic heterocycles. The van der Waals surface area contributed by atoms with Crippen LogP contribution in [-0.2, 0) is 6.54 Å². The summed E-state index contributed by atoms with van der Waals surface area (Å²) < 4.78 is 4.98. The van der Waals surface area contributed by atoms with Gasteiger partial charge in [-0.2, -0.15) is 0 Å². The zero-order valence-electron chi connectivity index (χ0n) is 10.8. The molecule has 0 aliphatic rings. The van der Waals surface area contributed by atoms with Crippen LogP contribution in [0.5, 0.6) is 0 Å². The second-order valence-corrected chi connectivity index (χ2v) is 4.38. The maximum Gasteiger partial charge on any atom is 0.272 e. The number of rotatable bonds is 5. The fourth-order valence-electron chi connectivity index (χ4n) is 1.80. The van der Waals surface area contributed by atoms with Crippen LogP contribution in [0.4, 0.5) is 5.69 Å². The van der Waals surface area contributed by atoms with Gasteiger partial charge in [0.25, 0.3) is 5.69 Å². The Kier molecular flexibility index (Phi) is 3.91. The molecular formula is C13H15N3O3. The Hall–Kier alpha value is -2.21. The Morgan fingerprint density at radius 1 is 1.47 bits per heavy atom. The summed E-state index contributed by atoms with van der Waals surface area (Å²) in [5.74, 6) is 0.730. The number of benzene rings is 1. The average molecular weight is 261 g/mol. The van der Waals surface area contributed by atoms with Gasteiger partial charge in [0.2, 0.25) is 0 Å². The van der Waals surface area contributed by atoms with Crippen LogP contribution in [-0.4, -0.2) is 10.1 Å². The van der Waals surface area contributed by atoms with Crippen LogP contribution >= 0.6 is 0 Å². The maximum absolute atomic E-state index is 10.9. The molecule has 6 nitrogen and oxygen atoms in total. The minimum absolute atomic E-state index is 0.00981. The van der Waals surface area contributed by atoms with E-state index in [0.29, 0.717) is 12.1 Å². The zero-order chi connectivity index (χ0) is 13.8. The third-order valence-electron chi connectivity index (χ3n) is 3.00. The summed E-state index contributed by atoms with van der Waals surface area (Å²) in [4.78, 5) is 10.5. The summed E-state index contributed by atoms with van der Waals surface area (Å²) >= 11 is 0. The van der Waals surface area contributed by atoms with Crippen LogP contribution in [0.1, 0.15) is 29.9 Å². The Morgan fingerprint density at radius 3 is 2.89 bits per heavy atom. The fourth-order valence-corrected chi connectivity index (χ4v) is 1.80. The van der Waals surface area contributed by atoms with E-state index in [1.54, 1.807) is 31.3 Å². The highest BCUT2D eigenvalue weighted by Gasteiger charge is 2.14. The molecule has 19 heavy (non-hydrogen) atoms. The molecule has 0 fully saturated rings. The van der Waals surface area contributed by atoms with Crippen LogP contribution in [0, 0.1) is 17.0 Å². The van der Waals surface area contributed by atoms with E-state index >= 15 is 0 Å². The first-order chi connectivity index (χ1) is 9.08. The summed E-state index contributed by atoms with van der Waals surface area (Å²) in [6, 6.07) is 7.02. The first kappa shape index (κ1) is 13.2. The lowest BCUT2D eigenvalue weighted by molar-refractivity contribution is -0.385. The van der Waals surface area contributed by atoms with Crippen molar-refractivity contribution in [1.29, 1.82) is 0 Å². The molecule has 0 spiro atoms. The predicted molar refractivity (Wildman–Crippen MR) is 69.6 cm³/mol. The van der Waals surface area contributed by atoms with Gasteiger partial charge < -0.3 is 9.84 Å². The van der Waals surface area contributed by atoms with Crippen molar-refractivity contribution in [1.82, 2.24) is 10.5 Å². The molecule has 1 heterocycles. The van der Waals surface area contributed by atoms with E-state index in [4.69, 9.17) is 4.52 Å². The first-order valence-corrected chi connectivity index (χ1v) is 5.96. The molecule has 0 aliphatic carbocycles. The summed E-state index contributed by atoms with van der Waals surface area (Å²) in [7, 11) is 0. The van der Waals surface area contributed by atoms with Crippen LogP contribution < -0.4 is 5.32 Å². The van der Waals surface area contributed by atoms with Crippen molar-refractivity contribution in [2.45, 2.75) is 26.4 Å². The van der Waals surface area contributed by atoms with Crippen LogP contribution in [0.15, 0.2) is 35.0 Å². The van der Waals surface area contributed by atoms with Crippen molar-refractivity contribution in [3.8, 4) is 0 Å². The van der Waals surface area contributed by atoms with Gasteiger partial charge in [-0.05, 0) is 19.4 Å². The largest absolute Gasteiger partial charge is 0.360 e. The van der Waals surface area contributed by atoms with E-state index in [-0.39, 0.29) is 16.7 Å².